The number of fused-ring (bicyclic) bond motifs is 1. The van der Waals surface area contributed by atoms with Gasteiger partial charge in [-0.05, 0) is 31.5 Å². The van der Waals surface area contributed by atoms with Crippen molar-refractivity contribution in [2.75, 3.05) is 12.4 Å². The second kappa shape index (κ2) is 10.1. The molecule has 0 aliphatic heterocycles. The summed E-state index contributed by atoms with van der Waals surface area (Å²) in [5.41, 5.74) is 1.07. The summed E-state index contributed by atoms with van der Waals surface area (Å²) in [6.45, 7) is 4.22. The topological polar surface area (TPSA) is 96.5 Å². The van der Waals surface area contributed by atoms with Crippen molar-refractivity contribution in [1.29, 1.82) is 0 Å². The highest BCUT2D eigenvalue weighted by molar-refractivity contribution is 7.99. The van der Waals surface area contributed by atoms with Crippen LogP contribution in [0.1, 0.15) is 20.3 Å². The molecule has 0 amide bonds. The standard InChI is InChI=1S/C21H23N3O5S/c1-3-15(2)29-20(25)14-23-19-10-9-16(24(26)27)13-18(19)22-21(23)30-12-11-28-17-7-5-4-6-8-17/h4-10,13,15H,3,11-12,14H2,1-2H3. The molecule has 0 N–H and O–H groups in total. The third-order valence-corrected chi connectivity index (χ3v) is 5.37. The van der Waals surface area contributed by atoms with E-state index in [-0.39, 0.29) is 24.3 Å². The molecule has 2 aromatic carbocycles. The molecule has 158 valence electrons. The predicted octanol–water partition coefficient (Wildman–Crippen LogP) is 4.46. The molecule has 0 spiro atoms. The summed E-state index contributed by atoms with van der Waals surface area (Å²) in [7, 11) is 0. The Morgan fingerprint density at radius 2 is 2.03 bits per heavy atom. The first-order valence-electron chi connectivity index (χ1n) is 9.62. The van der Waals surface area contributed by atoms with Gasteiger partial charge in [0.15, 0.2) is 5.16 Å². The minimum Gasteiger partial charge on any atom is -0.493 e. The van der Waals surface area contributed by atoms with Gasteiger partial charge in [0.25, 0.3) is 5.69 Å². The first-order valence-corrected chi connectivity index (χ1v) is 10.6. The fourth-order valence-electron chi connectivity index (χ4n) is 2.76. The first-order chi connectivity index (χ1) is 14.5. The molecule has 30 heavy (non-hydrogen) atoms. The van der Waals surface area contributed by atoms with Crippen molar-refractivity contribution in [3.63, 3.8) is 0 Å². The quantitative estimate of drug-likeness (QED) is 0.154. The van der Waals surface area contributed by atoms with Gasteiger partial charge in [0.05, 0.1) is 28.7 Å². The van der Waals surface area contributed by atoms with E-state index in [2.05, 4.69) is 4.98 Å². The number of hydrogen-bond donors (Lipinski definition) is 0. The number of ether oxygens (including phenoxy) is 2. The lowest BCUT2D eigenvalue weighted by Crippen LogP contribution is -2.19. The number of nitrogens with zero attached hydrogens (tertiary/aromatic N) is 3. The number of imidazole rings is 1. The van der Waals surface area contributed by atoms with E-state index in [1.54, 1.807) is 10.6 Å². The number of para-hydroxylation sites is 1. The molecule has 1 unspecified atom stereocenters. The van der Waals surface area contributed by atoms with Gasteiger partial charge < -0.3 is 14.0 Å². The van der Waals surface area contributed by atoms with Crippen molar-refractivity contribution in [2.24, 2.45) is 0 Å². The van der Waals surface area contributed by atoms with Crippen LogP contribution >= 0.6 is 11.8 Å². The van der Waals surface area contributed by atoms with Gasteiger partial charge in [0, 0.05) is 17.9 Å². The first kappa shape index (κ1) is 21.6. The molecule has 0 fully saturated rings. The Bertz CT molecular complexity index is 1020. The Morgan fingerprint density at radius 1 is 1.27 bits per heavy atom. The molecular weight excluding hydrogens is 406 g/mol. The maximum absolute atomic E-state index is 12.4. The van der Waals surface area contributed by atoms with E-state index in [1.807, 2.05) is 44.2 Å². The van der Waals surface area contributed by atoms with E-state index >= 15 is 0 Å². The Labute approximate surface area is 178 Å². The van der Waals surface area contributed by atoms with Crippen molar-refractivity contribution in [2.45, 2.75) is 38.1 Å². The molecule has 0 saturated heterocycles. The Kier molecular flexibility index (Phi) is 7.29. The smallest absolute Gasteiger partial charge is 0.326 e. The van der Waals surface area contributed by atoms with Crippen molar-refractivity contribution in [1.82, 2.24) is 9.55 Å². The van der Waals surface area contributed by atoms with Crippen LogP contribution in [0.25, 0.3) is 11.0 Å². The minimum atomic E-state index is -0.462. The summed E-state index contributed by atoms with van der Waals surface area (Å²) in [4.78, 5) is 27.5. The molecule has 1 aromatic heterocycles. The van der Waals surface area contributed by atoms with E-state index in [0.717, 1.165) is 12.2 Å². The molecule has 0 aliphatic rings. The number of carbonyl (C=O) groups is 1. The zero-order valence-electron chi connectivity index (χ0n) is 16.8. The highest BCUT2D eigenvalue weighted by Gasteiger charge is 2.18. The van der Waals surface area contributed by atoms with Crippen LogP contribution in [-0.2, 0) is 16.1 Å². The number of carbonyl (C=O) groups excluding carboxylic acids is 1. The second-order valence-corrected chi connectivity index (χ2v) is 7.69. The summed E-state index contributed by atoms with van der Waals surface area (Å²) < 4.78 is 12.8. The fraction of sp³-hybridized carbons (Fsp3) is 0.333. The van der Waals surface area contributed by atoms with Crippen molar-refractivity contribution in [3.05, 3.63) is 58.6 Å². The van der Waals surface area contributed by atoms with Gasteiger partial charge in [-0.3, -0.25) is 14.9 Å². The molecule has 1 atom stereocenters. The van der Waals surface area contributed by atoms with E-state index < -0.39 is 4.92 Å². The van der Waals surface area contributed by atoms with Crippen LogP contribution < -0.4 is 4.74 Å². The lowest BCUT2D eigenvalue weighted by molar-refractivity contribution is -0.384. The second-order valence-electron chi connectivity index (χ2n) is 6.63. The lowest BCUT2D eigenvalue weighted by atomic mass is 10.3. The largest absolute Gasteiger partial charge is 0.493 e. The average Bonchev–Trinajstić information content (AvgIpc) is 3.08. The van der Waals surface area contributed by atoms with Crippen molar-refractivity contribution < 1.29 is 19.2 Å². The number of nitro benzene ring substituents is 1. The highest BCUT2D eigenvalue weighted by atomic mass is 32.2. The van der Waals surface area contributed by atoms with Gasteiger partial charge in [-0.1, -0.05) is 36.9 Å². The number of aromatic nitrogens is 2. The van der Waals surface area contributed by atoms with Crippen molar-refractivity contribution in [3.8, 4) is 5.75 Å². The molecule has 8 nitrogen and oxygen atoms in total. The molecule has 3 aromatic rings. The number of nitro groups is 1. The van der Waals surface area contributed by atoms with E-state index in [9.17, 15) is 14.9 Å². The minimum absolute atomic E-state index is 0.0134. The number of esters is 1. The van der Waals surface area contributed by atoms with Gasteiger partial charge in [-0.15, -0.1) is 0 Å². The molecule has 0 saturated carbocycles. The zero-order chi connectivity index (χ0) is 21.5. The summed E-state index contributed by atoms with van der Waals surface area (Å²) in [5, 5.41) is 11.7. The lowest BCUT2D eigenvalue weighted by Gasteiger charge is -2.13. The van der Waals surface area contributed by atoms with Gasteiger partial charge in [0.1, 0.15) is 12.3 Å². The number of hydrogen-bond acceptors (Lipinski definition) is 7. The van der Waals surface area contributed by atoms with E-state index in [1.165, 1.54) is 23.9 Å². The van der Waals surface area contributed by atoms with Crippen LogP contribution in [-0.4, -0.2) is 38.9 Å². The molecule has 0 radical (unpaired) electrons. The SMILES string of the molecule is CCC(C)OC(=O)Cn1c(SCCOc2ccccc2)nc2cc([N+](=O)[O-])ccc21. The van der Waals surface area contributed by atoms with Crippen LogP contribution in [0, 0.1) is 10.1 Å². The van der Waals surface area contributed by atoms with Gasteiger partial charge >= 0.3 is 5.97 Å². The third-order valence-electron chi connectivity index (χ3n) is 4.43. The van der Waals surface area contributed by atoms with Crippen LogP contribution in [0.2, 0.25) is 0 Å². The normalized spacial score (nSPS) is 11.9. The maximum atomic E-state index is 12.4. The fourth-order valence-corrected chi connectivity index (χ4v) is 3.59. The van der Waals surface area contributed by atoms with Gasteiger partial charge in [-0.25, -0.2) is 4.98 Å². The number of thioether (sulfide) groups is 1. The Balaban J connectivity index is 1.77. The monoisotopic (exact) mass is 429 g/mol. The third kappa shape index (κ3) is 5.50. The zero-order valence-corrected chi connectivity index (χ0v) is 17.6. The molecule has 0 aliphatic carbocycles. The maximum Gasteiger partial charge on any atom is 0.326 e. The number of non-ortho nitro benzene ring substituents is 1. The molecule has 3 rings (SSSR count). The van der Waals surface area contributed by atoms with Crippen LogP contribution in [0.3, 0.4) is 0 Å². The molecule has 1 heterocycles. The van der Waals surface area contributed by atoms with Crippen LogP contribution in [0.15, 0.2) is 53.7 Å². The van der Waals surface area contributed by atoms with E-state index in [4.69, 9.17) is 9.47 Å². The van der Waals surface area contributed by atoms with Crippen molar-refractivity contribution >= 4 is 34.5 Å². The predicted molar refractivity (Wildman–Crippen MR) is 115 cm³/mol. The molecule has 0 bridgehead atoms. The summed E-state index contributed by atoms with van der Waals surface area (Å²) in [6, 6.07) is 13.9. The average molecular weight is 429 g/mol. The summed E-state index contributed by atoms with van der Waals surface area (Å²) in [6.07, 6.45) is 0.546. The number of rotatable bonds is 10. The van der Waals surface area contributed by atoms with Gasteiger partial charge in [-0.2, -0.15) is 0 Å². The summed E-state index contributed by atoms with van der Waals surface area (Å²) in [5.74, 6) is 1.00. The molecular formula is C21H23N3O5S. The highest BCUT2D eigenvalue weighted by Crippen LogP contribution is 2.27. The summed E-state index contributed by atoms with van der Waals surface area (Å²) >= 11 is 1.42. The Hall–Kier alpha value is -3.07. The Morgan fingerprint density at radius 3 is 2.73 bits per heavy atom. The molecule has 9 heteroatoms. The van der Waals surface area contributed by atoms with E-state index in [0.29, 0.717) is 28.5 Å². The van der Waals surface area contributed by atoms with Crippen LogP contribution in [0.4, 0.5) is 5.69 Å². The van der Waals surface area contributed by atoms with Gasteiger partial charge in [0.2, 0.25) is 0 Å². The van der Waals surface area contributed by atoms with Crippen LogP contribution in [0.5, 0.6) is 5.75 Å². The number of benzene rings is 2.